The highest BCUT2D eigenvalue weighted by molar-refractivity contribution is 6.03. The van der Waals surface area contributed by atoms with E-state index in [2.05, 4.69) is 27.5 Å². The summed E-state index contributed by atoms with van der Waals surface area (Å²) in [6.45, 7) is 10.4. The molecule has 1 fully saturated rings. The lowest BCUT2D eigenvalue weighted by Gasteiger charge is -2.37. The molecule has 1 aliphatic carbocycles. The maximum Gasteiger partial charge on any atom is 0.249 e. The molecular weight excluding hydrogens is 318 g/mol. The van der Waals surface area contributed by atoms with Crippen LogP contribution in [0.3, 0.4) is 0 Å². The number of amides is 1. The fraction of sp³-hybridized carbons (Fsp3) is 0.722. The van der Waals surface area contributed by atoms with Gasteiger partial charge in [0.15, 0.2) is 5.82 Å². The van der Waals surface area contributed by atoms with Crippen molar-refractivity contribution in [2.75, 3.05) is 29.2 Å². The maximum atomic E-state index is 12.5. The first-order valence-electron chi connectivity index (χ1n) is 8.97. The number of carbonyl (C=O) groups excluding carboxylic acids is 1. The average molecular weight is 347 g/mol. The Bertz CT molecular complexity index is 664. The standard InChI is InChI=1S/C18H29N5O2/c1-10-7-12(8-10)20-17-19-11(2)14-15(22-17)23(6)13(16(24)21-14)9-25-18(3,4)5/h10,12-13H,7-9H2,1-6H3,(H,21,24)(H,19,20,22)/t10-,12+,13-/m0/s1. The molecule has 0 radical (unpaired) electrons. The molecule has 7 heteroatoms. The molecule has 0 bridgehead atoms. The van der Waals surface area contributed by atoms with Crippen LogP contribution in [0.2, 0.25) is 0 Å². The van der Waals surface area contributed by atoms with E-state index in [0.717, 1.165) is 30.3 Å². The van der Waals surface area contributed by atoms with Crippen molar-refractivity contribution in [1.29, 1.82) is 0 Å². The largest absolute Gasteiger partial charge is 0.373 e. The second-order valence-electron chi connectivity index (χ2n) is 8.29. The second kappa shape index (κ2) is 6.44. The predicted octanol–water partition coefficient (Wildman–Crippen LogP) is 2.57. The van der Waals surface area contributed by atoms with Crippen LogP contribution in [0.25, 0.3) is 0 Å². The van der Waals surface area contributed by atoms with Crippen LogP contribution in [0.5, 0.6) is 0 Å². The van der Waals surface area contributed by atoms with Gasteiger partial charge in [0, 0.05) is 13.1 Å². The van der Waals surface area contributed by atoms with E-state index in [1.165, 1.54) is 0 Å². The average Bonchev–Trinajstić information content (AvgIpc) is 2.46. The van der Waals surface area contributed by atoms with Crippen LogP contribution in [-0.4, -0.2) is 47.2 Å². The van der Waals surface area contributed by atoms with Gasteiger partial charge in [-0.25, -0.2) is 4.98 Å². The van der Waals surface area contributed by atoms with Crippen molar-refractivity contribution in [3.8, 4) is 0 Å². The van der Waals surface area contributed by atoms with E-state index >= 15 is 0 Å². The SMILES string of the molecule is Cc1nc(N[C@H]2C[C@@H](C)C2)nc2c1NC(=O)[C@H](COC(C)(C)C)N2C. The number of aromatic nitrogens is 2. The predicted molar refractivity (Wildman–Crippen MR) is 99.1 cm³/mol. The summed E-state index contributed by atoms with van der Waals surface area (Å²) in [5.74, 6) is 2.05. The van der Waals surface area contributed by atoms with Crippen LogP contribution in [0.1, 0.15) is 46.2 Å². The zero-order valence-electron chi connectivity index (χ0n) is 16.0. The van der Waals surface area contributed by atoms with Crippen molar-refractivity contribution in [3.63, 3.8) is 0 Å². The zero-order valence-corrected chi connectivity index (χ0v) is 16.0. The van der Waals surface area contributed by atoms with Crippen LogP contribution in [0.4, 0.5) is 17.5 Å². The molecule has 2 aliphatic rings. The van der Waals surface area contributed by atoms with Gasteiger partial charge in [0.05, 0.1) is 17.9 Å². The first kappa shape index (κ1) is 17.9. The highest BCUT2D eigenvalue weighted by Crippen LogP contribution is 2.34. The zero-order chi connectivity index (χ0) is 18.4. The van der Waals surface area contributed by atoms with E-state index < -0.39 is 6.04 Å². The number of ether oxygens (including phenoxy) is 1. The Morgan fingerprint density at radius 2 is 2.00 bits per heavy atom. The minimum absolute atomic E-state index is 0.0838. The van der Waals surface area contributed by atoms with Gasteiger partial charge >= 0.3 is 0 Å². The van der Waals surface area contributed by atoms with Crippen LogP contribution in [-0.2, 0) is 9.53 Å². The van der Waals surface area contributed by atoms with Gasteiger partial charge in [-0.05, 0) is 46.5 Å². The van der Waals surface area contributed by atoms with E-state index in [1.54, 1.807) is 0 Å². The Morgan fingerprint density at radius 1 is 1.32 bits per heavy atom. The first-order valence-corrected chi connectivity index (χ1v) is 8.97. The Hall–Kier alpha value is -1.89. The molecule has 1 aromatic rings. The van der Waals surface area contributed by atoms with Crippen LogP contribution >= 0.6 is 0 Å². The fourth-order valence-corrected chi connectivity index (χ4v) is 3.27. The molecule has 0 spiro atoms. The summed E-state index contributed by atoms with van der Waals surface area (Å²) in [4.78, 5) is 23.6. The number of rotatable bonds is 4. The van der Waals surface area contributed by atoms with Gasteiger partial charge < -0.3 is 20.3 Å². The number of hydrogen-bond donors (Lipinski definition) is 2. The molecule has 1 aliphatic heterocycles. The lowest BCUT2D eigenvalue weighted by molar-refractivity contribution is -0.120. The number of carbonyl (C=O) groups is 1. The van der Waals surface area contributed by atoms with Gasteiger partial charge in [-0.15, -0.1) is 0 Å². The van der Waals surface area contributed by atoms with Crippen molar-refractivity contribution in [2.45, 2.75) is 65.1 Å². The van der Waals surface area contributed by atoms with Gasteiger partial charge in [-0.1, -0.05) is 6.92 Å². The van der Waals surface area contributed by atoms with Gasteiger partial charge in [-0.2, -0.15) is 4.98 Å². The summed E-state index contributed by atoms with van der Waals surface area (Å²) in [5, 5.41) is 6.36. The Morgan fingerprint density at radius 3 is 2.60 bits per heavy atom. The molecule has 138 valence electrons. The summed E-state index contributed by atoms with van der Waals surface area (Å²) in [5.41, 5.74) is 1.17. The van der Waals surface area contributed by atoms with E-state index in [1.807, 2.05) is 39.6 Å². The number of hydrogen-bond acceptors (Lipinski definition) is 6. The molecule has 2 heterocycles. The lowest BCUT2D eigenvalue weighted by Crippen LogP contribution is -2.50. The van der Waals surface area contributed by atoms with Crippen molar-refractivity contribution < 1.29 is 9.53 Å². The summed E-state index contributed by atoms with van der Waals surface area (Å²) in [6.07, 6.45) is 2.29. The number of nitrogens with one attached hydrogen (secondary N) is 2. The molecule has 0 aromatic carbocycles. The van der Waals surface area contributed by atoms with Crippen molar-refractivity contribution in [3.05, 3.63) is 5.69 Å². The number of nitrogens with zero attached hydrogens (tertiary/aromatic N) is 3. The van der Waals surface area contributed by atoms with Crippen molar-refractivity contribution in [2.24, 2.45) is 5.92 Å². The topological polar surface area (TPSA) is 79.4 Å². The van der Waals surface area contributed by atoms with E-state index in [4.69, 9.17) is 4.74 Å². The lowest BCUT2D eigenvalue weighted by atomic mass is 9.82. The summed E-state index contributed by atoms with van der Waals surface area (Å²) in [7, 11) is 1.88. The highest BCUT2D eigenvalue weighted by Gasteiger charge is 2.35. The Balaban J connectivity index is 1.80. The molecular formula is C18H29N5O2. The van der Waals surface area contributed by atoms with Crippen LogP contribution in [0, 0.1) is 12.8 Å². The number of anilines is 3. The molecule has 1 amide bonds. The smallest absolute Gasteiger partial charge is 0.249 e. The maximum absolute atomic E-state index is 12.5. The highest BCUT2D eigenvalue weighted by atomic mass is 16.5. The van der Waals surface area contributed by atoms with Gasteiger partial charge in [0.1, 0.15) is 11.7 Å². The third-order valence-electron chi connectivity index (χ3n) is 4.80. The number of fused-ring (bicyclic) bond motifs is 1. The molecule has 7 nitrogen and oxygen atoms in total. The summed E-state index contributed by atoms with van der Waals surface area (Å²) < 4.78 is 5.83. The third-order valence-corrected chi connectivity index (χ3v) is 4.80. The van der Waals surface area contributed by atoms with E-state index in [-0.39, 0.29) is 11.5 Å². The molecule has 25 heavy (non-hydrogen) atoms. The summed E-state index contributed by atoms with van der Waals surface area (Å²) >= 11 is 0. The third kappa shape index (κ3) is 3.86. The first-order chi connectivity index (χ1) is 11.6. The molecule has 1 aromatic heterocycles. The second-order valence-corrected chi connectivity index (χ2v) is 8.29. The number of aryl methyl sites for hydroxylation is 1. The fourth-order valence-electron chi connectivity index (χ4n) is 3.27. The Labute approximate surface area is 149 Å². The molecule has 0 unspecified atom stereocenters. The minimum atomic E-state index is -0.405. The van der Waals surface area contributed by atoms with E-state index in [0.29, 0.717) is 24.3 Å². The summed E-state index contributed by atoms with van der Waals surface area (Å²) in [6, 6.07) is 0.0357. The van der Waals surface area contributed by atoms with Gasteiger partial charge in [-0.3, -0.25) is 4.79 Å². The molecule has 1 saturated carbocycles. The van der Waals surface area contributed by atoms with Gasteiger partial charge in [0.2, 0.25) is 11.9 Å². The van der Waals surface area contributed by atoms with Crippen LogP contribution < -0.4 is 15.5 Å². The Kier molecular flexibility index (Phi) is 4.62. The van der Waals surface area contributed by atoms with Crippen molar-refractivity contribution >= 4 is 23.4 Å². The normalized spacial score (nSPS) is 25.9. The monoisotopic (exact) mass is 347 g/mol. The van der Waals surface area contributed by atoms with E-state index in [9.17, 15) is 4.79 Å². The molecule has 2 N–H and O–H groups in total. The molecule has 3 rings (SSSR count). The number of likely N-dealkylation sites (N-methyl/N-ethyl adjacent to an activating group) is 1. The quantitative estimate of drug-likeness (QED) is 0.871. The molecule has 1 atom stereocenters. The van der Waals surface area contributed by atoms with Crippen molar-refractivity contribution in [1.82, 2.24) is 9.97 Å². The minimum Gasteiger partial charge on any atom is -0.373 e. The molecule has 0 saturated heterocycles. The van der Waals surface area contributed by atoms with Gasteiger partial charge in [0.25, 0.3) is 0 Å². The van der Waals surface area contributed by atoms with Crippen LogP contribution in [0.15, 0.2) is 0 Å².